The molecule has 10 heteroatoms. The smallest absolute Gasteiger partial charge is 0.253 e. The van der Waals surface area contributed by atoms with Crippen molar-refractivity contribution in [2.45, 2.75) is 28.5 Å². The molecule has 0 aromatic heterocycles. The minimum Gasteiger partial charge on any atom is -0.508 e. The monoisotopic (exact) mass is 602 g/mol. The highest BCUT2D eigenvalue weighted by Gasteiger charge is 2.75. The molecule has 1 N–H and O–H groups in total. The molecule has 190 valence electrons. The third-order valence-electron chi connectivity index (χ3n) is 8.33. The van der Waals surface area contributed by atoms with E-state index in [-0.39, 0.29) is 24.0 Å². The van der Waals surface area contributed by atoms with Gasteiger partial charge in [-0.05, 0) is 60.7 Å². The first kappa shape index (κ1) is 24.6. The second kappa shape index (κ2) is 8.16. The molecular formula is C27H21BrCl2N2O5. The van der Waals surface area contributed by atoms with Crippen LogP contribution in [-0.2, 0) is 19.2 Å². The van der Waals surface area contributed by atoms with Crippen molar-refractivity contribution < 1.29 is 24.3 Å². The lowest BCUT2D eigenvalue weighted by atomic mass is 9.56. The maximum atomic E-state index is 13.9. The molecule has 2 aliphatic carbocycles. The summed E-state index contributed by atoms with van der Waals surface area (Å²) in [6.45, 7) is 0. The highest BCUT2D eigenvalue weighted by Crippen LogP contribution is 2.65. The zero-order valence-electron chi connectivity index (χ0n) is 19.5. The number of carbonyl (C=O) groups is 4. The molecule has 1 saturated carbocycles. The van der Waals surface area contributed by atoms with Crippen molar-refractivity contribution in [1.29, 1.82) is 0 Å². The van der Waals surface area contributed by atoms with Gasteiger partial charge in [0, 0.05) is 17.4 Å². The van der Waals surface area contributed by atoms with E-state index in [4.69, 9.17) is 23.2 Å². The van der Waals surface area contributed by atoms with E-state index >= 15 is 0 Å². The average Bonchev–Trinajstić information content (AvgIpc) is 3.20. The summed E-state index contributed by atoms with van der Waals surface area (Å²) in [6.07, 6.45) is 2.13. The lowest BCUT2D eigenvalue weighted by Gasteiger charge is -2.50. The molecule has 0 spiro atoms. The number of aromatic hydroxyl groups is 1. The van der Waals surface area contributed by atoms with Crippen LogP contribution in [0.5, 0.6) is 5.75 Å². The third-order valence-corrected chi connectivity index (χ3v) is 10.3. The van der Waals surface area contributed by atoms with Crippen LogP contribution >= 0.6 is 39.1 Å². The number of carbonyl (C=O) groups excluding carboxylic acids is 4. The van der Waals surface area contributed by atoms with Crippen molar-refractivity contribution in [2.75, 3.05) is 11.9 Å². The normalized spacial score (nSPS) is 34.9. The Kier molecular flexibility index (Phi) is 5.43. The van der Waals surface area contributed by atoms with Gasteiger partial charge in [-0.25, -0.2) is 0 Å². The minimum absolute atomic E-state index is 0.0298. The summed E-state index contributed by atoms with van der Waals surface area (Å²) in [5.74, 6) is -4.64. The number of nitrogens with zero attached hydrogens (tertiary/aromatic N) is 2. The quantitative estimate of drug-likeness (QED) is 0.313. The predicted octanol–water partition coefficient (Wildman–Crippen LogP) is 4.35. The van der Waals surface area contributed by atoms with Crippen LogP contribution in [0.15, 0.2) is 64.7 Å². The largest absolute Gasteiger partial charge is 0.508 e. The van der Waals surface area contributed by atoms with Crippen molar-refractivity contribution in [3.8, 4) is 5.75 Å². The summed E-state index contributed by atoms with van der Waals surface area (Å²) in [5, 5.41) is 9.87. The van der Waals surface area contributed by atoms with Gasteiger partial charge >= 0.3 is 0 Å². The topological polar surface area (TPSA) is 95.0 Å². The molecule has 7 nitrogen and oxygen atoms in total. The number of hydrogen-bond acceptors (Lipinski definition) is 5. The maximum Gasteiger partial charge on any atom is 0.253 e. The molecule has 6 unspecified atom stereocenters. The fourth-order valence-corrected chi connectivity index (χ4v) is 7.91. The van der Waals surface area contributed by atoms with E-state index in [0.29, 0.717) is 23.2 Å². The summed E-state index contributed by atoms with van der Waals surface area (Å²) < 4.78 is 0.816. The lowest BCUT2D eigenvalue weighted by Crippen LogP contribution is -2.60. The van der Waals surface area contributed by atoms with E-state index in [1.807, 2.05) is 6.08 Å². The predicted molar refractivity (Wildman–Crippen MR) is 140 cm³/mol. The zero-order chi connectivity index (χ0) is 26.4. The van der Waals surface area contributed by atoms with Gasteiger partial charge in [-0.3, -0.25) is 29.0 Å². The first-order chi connectivity index (χ1) is 17.5. The van der Waals surface area contributed by atoms with Crippen LogP contribution in [0.1, 0.15) is 24.3 Å². The van der Waals surface area contributed by atoms with Crippen molar-refractivity contribution >= 4 is 68.4 Å². The van der Waals surface area contributed by atoms with Crippen LogP contribution in [0.3, 0.4) is 0 Å². The van der Waals surface area contributed by atoms with Crippen molar-refractivity contribution in [3.63, 3.8) is 0 Å². The lowest BCUT2D eigenvalue weighted by molar-refractivity contribution is -0.138. The number of likely N-dealkylation sites (tertiary alicyclic amines) is 1. The van der Waals surface area contributed by atoms with Gasteiger partial charge in [-0.15, -0.1) is 23.2 Å². The van der Waals surface area contributed by atoms with Gasteiger partial charge < -0.3 is 5.11 Å². The summed E-state index contributed by atoms with van der Waals surface area (Å²) >= 11 is 17.6. The molecule has 6 atom stereocenters. The Balaban J connectivity index is 1.50. The van der Waals surface area contributed by atoms with Crippen molar-refractivity contribution in [3.05, 3.63) is 70.2 Å². The Morgan fingerprint density at radius 2 is 1.57 bits per heavy atom. The fourth-order valence-electron chi connectivity index (χ4n) is 6.63. The Morgan fingerprint density at radius 3 is 2.22 bits per heavy atom. The van der Waals surface area contributed by atoms with E-state index in [9.17, 15) is 24.3 Å². The molecule has 4 aliphatic rings. The van der Waals surface area contributed by atoms with Crippen molar-refractivity contribution in [1.82, 2.24) is 4.90 Å². The van der Waals surface area contributed by atoms with Crippen molar-refractivity contribution in [2.24, 2.45) is 17.8 Å². The fraction of sp³-hybridized carbons (Fsp3) is 0.333. The van der Waals surface area contributed by atoms with Gasteiger partial charge in [0.05, 0.1) is 17.5 Å². The highest BCUT2D eigenvalue weighted by atomic mass is 79.9. The third kappa shape index (κ3) is 3.12. The number of phenols is 1. The molecule has 2 heterocycles. The van der Waals surface area contributed by atoms with Gasteiger partial charge in [-0.2, -0.15) is 0 Å². The van der Waals surface area contributed by atoms with Crippen LogP contribution in [0.2, 0.25) is 0 Å². The highest BCUT2D eigenvalue weighted by molar-refractivity contribution is 9.10. The number of fused-ring (bicyclic) bond motifs is 4. The molecule has 2 saturated heterocycles. The number of hydrogen-bond donors (Lipinski definition) is 1. The Hall–Kier alpha value is -2.68. The van der Waals surface area contributed by atoms with E-state index in [0.717, 1.165) is 9.37 Å². The maximum absolute atomic E-state index is 13.9. The van der Waals surface area contributed by atoms with Gasteiger partial charge in [0.25, 0.3) is 11.8 Å². The van der Waals surface area contributed by atoms with E-state index in [2.05, 4.69) is 15.9 Å². The zero-order valence-corrected chi connectivity index (χ0v) is 22.6. The molecule has 2 aliphatic heterocycles. The van der Waals surface area contributed by atoms with Crippen LogP contribution in [-0.4, -0.2) is 50.4 Å². The number of imide groups is 2. The van der Waals surface area contributed by atoms with Crippen LogP contribution < -0.4 is 4.90 Å². The number of rotatable bonds is 2. The summed E-state index contributed by atoms with van der Waals surface area (Å²) in [4.78, 5) is 52.8. The SMILES string of the molecule is CN1C(=O)C2(Cl)CC3C(=CCC4C(=O)N(c5ccc(Br)cc5)C(=O)C43)C(c3ccc(O)cc3)C2(Cl)C1=O. The molecule has 37 heavy (non-hydrogen) atoms. The summed E-state index contributed by atoms with van der Waals surface area (Å²) in [5.41, 5.74) is 1.78. The number of allylic oxidation sites excluding steroid dienone is 2. The Bertz CT molecular complexity index is 1410. The second-order valence-electron chi connectivity index (χ2n) is 10.1. The van der Waals surface area contributed by atoms with Gasteiger partial charge in [0.1, 0.15) is 5.75 Å². The molecule has 2 aromatic carbocycles. The van der Waals surface area contributed by atoms with Gasteiger partial charge in [0.2, 0.25) is 11.8 Å². The number of benzene rings is 2. The van der Waals surface area contributed by atoms with Crippen LogP contribution in [0.4, 0.5) is 5.69 Å². The molecular weight excluding hydrogens is 583 g/mol. The number of anilines is 1. The number of amides is 4. The van der Waals surface area contributed by atoms with Crippen LogP contribution in [0, 0.1) is 17.8 Å². The van der Waals surface area contributed by atoms with E-state index in [1.54, 1.807) is 36.4 Å². The van der Waals surface area contributed by atoms with Gasteiger partial charge in [0.15, 0.2) is 9.75 Å². The van der Waals surface area contributed by atoms with E-state index in [1.165, 1.54) is 24.1 Å². The Labute approximate surface area is 231 Å². The molecule has 6 rings (SSSR count). The first-order valence-electron chi connectivity index (χ1n) is 11.8. The second-order valence-corrected chi connectivity index (χ2v) is 12.2. The first-order valence-corrected chi connectivity index (χ1v) is 13.4. The molecule has 4 amide bonds. The standard InChI is InChI=1S/C27H21BrCl2N2O5/c1-31-24(36)26(29)12-19-17(21(27(26,30)25(31)37)13-2-8-16(33)9-3-13)10-11-18-20(19)23(35)32(22(18)34)15-6-4-14(28)5-7-15/h2-10,18-21,33H,11-12H2,1H3. The molecule has 0 bridgehead atoms. The number of phenolic OH excluding ortho intramolecular Hbond substituents is 1. The van der Waals surface area contributed by atoms with Crippen LogP contribution in [0.25, 0.3) is 0 Å². The molecule has 2 aromatic rings. The van der Waals surface area contributed by atoms with Gasteiger partial charge in [-0.1, -0.05) is 39.7 Å². The van der Waals surface area contributed by atoms with E-state index < -0.39 is 45.2 Å². The molecule has 3 fully saturated rings. The summed E-state index contributed by atoms with van der Waals surface area (Å²) in [6, 6.07) is 13.2. The molecule has 0 radical (unpaired) electrons. The minimum atomic E-state index is -1.83. The Morgan fingerprint density at radius 1 is 0.919 bits per heavy atom. The summed E-state index contributed by atoms with van der Waals surface area (Å²) in [7, 11) is 1.35. The number of halogens is 3. The average molecular weight is 604 g/mol. The number of alkyl halides is 2.